The Morgan fingerprint density at radius 3 is 2.82 bits per heavy atom. The summed E-state index contributed by atoms with van der Waals surface area (Å²) in [7, 11) is 1.42. The highest BCUT2D eigenvalue weighted by molar-refractivity contribution is 5.87. The lowest BCUT2D eigenvalue weighted by Crippen LogP contribution is -2.08. The molecule has 4 heteroatoms. The molecule has 0 saturated carbocycles. The number of hydrogen-bond acceptors (Lipinski definition) is 4. The molecule has 2 aromatic rings. The Morgan fingerprint density at radius 2 is 2.12 bits per heavy atom. The second kappa shape index (κ2) is 4.41. The third-order valence-electron chi connectivity index (χ3n) is 2.53. The number of benzene rings is 1. The van der Waals surface area contributed by atoms with Crippen LogP contribution in [0, 0.1) is 13.8 Å². The number of aryl methyl sites for hydroxylation is 2. The van der Waals surface area contributed by atoms with Gasteiger partial charge < -0.3 is 9.25 Å². The second-order valence-electron chi connectivity index (χ2n) is 3.90. The van der Waals surface area contributed by atoms with Crippen LogP contribution in [0.25, 0.3) is 11.0 Å². The molecular formula is C13H13NO3. The lowest BCUT2D eigenvalue weighted by molar-refractivity contribution is 0.215. The van der Waals surface area contributed by atoms with Crippen molar-refractivity contribution in [1.82, 2.24) is 0 Å². The first-order valence-corrected chi connectivity index (χ1v) is 5.23. The molecule has 1 aromatic heterocycles. The first-order chi connectivity index (χ1) is 8.13. The summed E-state index contributed by atoms with van der Waals surface area (Å²) in [6.07, 6.45) is 2.75. The predicted octanol–water partition coefficient (Wildman–Crippen LogP) is 2.39. The summed E-state index contributed by atoms with van der Waals surface area (Å²) in [5, 5.41) is 4.14. The van der Waals surface area contributed by atoms with Crippen molar-refractivity contribution in [2.75, 3.05) is 7.11 Å². The van der Waals surface area contributed by atoms with Crippen molar-refractivity contribution in [3.63, 3.8) is 0 Å². The molecule has 0 N–H and O–H groups in total. The largest absolute Gasteiger partial charge is 0.463 e. The zero-order chi connectivity index (χ0) is 12.4. The van der Waals surface area contributed by atoms with Gasteiger partial charge in [-0.15, -0.1) is 0 Å². The zero-order valence-electron chi connectivity index (χ0n) is 9.98. The maximum atomic E-state index is 12.1. The van der Waals surface area contributed by atoms with Crippen LogP contribution in [-0.2, 0) is 4.84 Å². The first kappa shape index (κ1) is 11.4. The van der Waals surface area contributed by atoms with E-state index in [1.165, 1.54) is 19.6 Å². The minimum Gasteiger partial charge on any atom is -0.463 e. The van der Waals surface area contributed by atoms with Crippen molar-refractivity contribution >= 4 is 17.2 Å². The van der Waals surface area contributed by atoms with Gasteiger partial charge in [-0.1, -0.05) is 11.2 Å². The van der Waals surface area contributed by atoms with E-state index in [1.54, 1.807) is 0 Å². The molecule has 1 heterocycles. The van der Waals surface area contributed by atoms with Crippen LogP contribution in [0.4, 0.5) is 0 Å². The van der Waals surface area contributed by atoms with Crippen molar-refractivity contribution in [1.29, 1.82) is 0 Å². The fourth-order valence-electron chi connectivity index (χ4n) is 1.81. The van der Waals surface area contributed by atoms with Crippen LogP contribution in [0.15, 0.2) is 32.8 Å². The normalized spacial score (nSPS) is 11.2. The fraction of sp³-hybridized carbons (Fsp3) is 0.231. The predicted molar refractivity (Wildman–Crippen MR) is 66.6 cm³/mol. The van der Waals surface area contributed by atoms with Crippen LogP contribution >= 0.6 is 0 Å². The third kappa shape index (κ3) is 2.06. The summed E-state index contributed by atoms with van der Waals surface area (Å²) in [5.74, 6) is 0. The molecule has 0 unspecified atom stereocenters. The Morgan fingerprint density at radius 1 is 1.35 bits per heavy atom. The molecule has 0 atom stereocenters. The molecule has 4 nitrogen and oxygen atoms in total. The van der Waals surface area contributed by atoms with Gasteiger partial charge >= 0.3 is 0 Å². The fourth-order valence-corrected chi connectivity index (χ4v) is 1.81. The first-order valence-electron chi connectivity index (χ1n) is 5.23. The summed E-state index contributed by atoms with van der Waals surface area (Å²) in [6, 6.07) is 3.80. The van der Waals surface area contributed by atoms with Gasteiger partial charge in [-0.3, -0.25) is 4.79 Å². The number of nitrogens with zero attached hydrogens (tertiary/aromatic N) is 1. The van der Waals surface area contributed by atoms with Gasteiger partial charge in [0.1, 0.15) is 19.0 Å². The van der Waals surface area contributed by atoms with E-state index in [0.29, 0.717) is 16.5 Å². The average molecular weight is 231 g/mol. The Labute approximate surface area is 98.5 Å². The molecule has 0 aliphatic heterocycles. The maximum Gasteiger partial charge on any atom is 0.201 e. The molecule has 0 spiro atoms. The van der Waals surface area contributed by atoms with E-state index in [1.807, 2.05) is 26.0 Å². The molecule has 0 aliphatic carbocycles. The summed E-state index contributed by atoms with van der Waals surface area (Å²) >= 11 is 0. The zero-order valence-corrected chi connectivity index (χ0v) is 9.98. The van der Waals surface area contributed by atoms with Crippen LogP contribution in [-0.4, -0.2) is 13.3 Å². The van der Waals surface area contributed by atoms with Gasteiger partial charge in [0, 0.05) is 0 Å². The van der Waals surface area contributed by atoms with E-state index in [2.05, 4.69) is 9.99 Å². The molecule has 0 radical (unpaired) electrons. The highest BCUT2D eigenvalue weighted by Crippen LogP contribution is 2.17. The van der Waals surface area contributed by atoms with Crippen LogP contribution in [0.1, 0.15) is 16.7 Å². The van der Waals surface area contributed by atoms with Crippen molar-refractivity contribution in [2.24, 2.45) is 5.16 Å². The third-order valence-corrected chi connectivity index (χ3v) is 2.53. The molecule has 0 aliphatic rings. The van der Waals surface area contributed by atoms with Crippen LogP contribution in [0.2, 0.25) is 0 Å². The lowest BCUT2D eigenvalue weighted by atomic mass is 10.1. The molecular weight excluding hydrogens is 218 g/mol. The maximum absolute atomic E-state index is 12.1. The minimum absolute atomic E-state index is 0.0983. The van der Waals surface area contributed by atoms with Gasteiger partial charge in [-0.25, -0.2) is 0 Å². The molecule has 0 fully saturated rings. The van der Waals surface area contributed by atoms with E-state index >= 15 is 0 Å². The van der Waals surface area contributed by atoms with E-state index in [-0.39, 0.29) is 5.43 Å². The molecule has 17 heavy (non-hydrogen) atoms. The number of oxime groups is 1. The van der Waals surface area contributed by atoms with Crippen LogP contribution in [0.5, 0.6) is 0 Å². The Kier molecular flexibility index (Phi) is 2.95. The SMILES string of the molecule is CO/N=C/c1coc2c(C)cc(C)cc2c1=O. The quantitative estimate of drug-likeness (QED) is 0.589. The Bertz CT molecular complexity index is 641. The number of fused-ring (bicyclic) bond motifs is 1. The van der Waals surface area contributed by atoms with Crippen LogP contribution < -0.4 is 5.43 Å². The molecule has 1 aromatic carbocycles. The molecule has 88 valence electrons. The summed E-state index contributed by atoms with van der Waals surface area (Å²) in [6.45, 7) is 3.86. The van der Waals surface area contributed by atoms with Crippen LogP contribution in [0.3, 0.4) is 0 Å². The number of rotatable bonds is 2. The smallest absolute Gasteiger partial charge is 0.201 e. The Balaban J connectivity index is 2.75. The van der Waals surface area contributed by atoms with Crippen molar-refractivity contribution in [2.45, 2.75) is 13.8 Å². The molecule has 0 amide bonds. The standard InChI is InChI=1S/C13H13NO3/c1-8-4-9(2)13-11(5-8)12(15)10(7-17-13)6-14-16-3/h4-7H,1-3H3/b14-6+. The van der Waals surface area contributed by atoms with Gasteiger partial charge in [-0.05, 0) is 31.0 Å². The highest BCUT2D eigenvalue weighted by Gasteiger charge is 2.08. The second-order valence-corrected chi connectivity index (χ2v) is 3.90. The topological polar surface area (TPSA) is 51.8 Å². The summed E-state index contributed by atoms with van der Waals surface area (Å²) in [4.78, 5) is 16.7. The monoisotopic (exact) mass is 231 g/mol. The molecule has 0 bridgehead atoms. The van der Waals surface area contributed by atoms with E-state index in [9.17, 15) is 4.79 Å². The highest BCUT2D eigenvalue weighted by atomic mass is 16.6. The van der Waals surface area contributed by atoms with E-state index in [0.717, 1.165) is 11.1 Å². The summed E-state index contributed by atoms with van der Waals surface area (Å²) in [5.41, 5.74) is 2.88. The summed E-state index contributed by atoms with van der Waals surface area (Å²) < 4.78 is 5.46. The van der Waals surface area contributed by atoms with Gasteiger partial charge in [0.2, 0.25) is 5.43 Å². The van der Waals surface area contributed by atoms with Gasteiger partial charge in [0.25, 0.3) is 0 Å². The molecule has 0 saturated heterocycles. The molecule has 2 rings (SSSR count). The number of hydrogen-bond donors (Lipinski definition) is 0. The van der Waals surface area contributed by atoms with Crippen molar-refractivity contribution in [3.8, 4) is 0 Å². The van der Waals surface area contributed by atoms with Gasteiger partial charge in [0.05, 0.1) is 17.2 Å². The average Bonchev–Trinajstić information content (AvgIpc) is 2.29. The lowest BCUT2D eigenvalue weighted by Gasteiger charge is -2.03. The van der Waals surface area contributed by atoms with Gasteiger partial charge in [-0.2, -0.15) is 0 Å². The van der Waals surface area contributed by atoms with Crippen molar-refractivity contribution < 1.29 is 9.25 Å². The van der Waals surface area contributed by atoms with Gasteiger partial charge in [0.15, 0.2) is 0 Å². The van der Waals surface area contributed by atoms with Crippen molar-refractivity contribution in [3.05, 3.63) is 45.3 Å². The van der Waals surface area contributed by atoms with E-state index < -0.39 is 0 Å². The Hall–Kier alpha value is -2.10. The minimum atomic E-state index is -0.0983. The van der Waals surface area contributed by atoms with E-state index in [4.69, 9.17) is 4.42 Å².